The van der Waals surface area contributed by atoms with Crippen LogP contribution in [0.15, 0.2) is 59.2 Å². The van der Waals surface area contributed by atoms with Crippen molar-refractivity contribution >= 4 is 11.5 Å². The SMILES string of the molecule is C=CC=CC(=C)CN1CCC(=NNc2cc(=O)[nH]cn2)CC1. The van der Waals surface area contributed by atoms with Crippen LogP contribution in [0.1, 0.15) is 12.8 Å². The molecule has 1 aliphatic heterocycles. The van der Waals surface area contributed by atoms with E-state index in [2.05, 4.69) is 38.6 Å². The van der Waals surface area contributed by atoms with Gasteiger partial charge in [0.1, 0.15) is 0 Å². The Morgan fingerprint density at radius 2 is 2.27 bits per heavy atom. The molecule has 2 heterocycles. The van der Waals surface area contributed by atoms with E-state index >= 15 is 0 Å². The van der Waals surface area contributed by atoms with Gasteiger partial charge in [-0.2, -0.15) is 5.10 Å². The summed E-state index contributed by atoms with van der Waals surface area (Å²) in [6.45, 7) is 10.4. The van der Waals surface area contributed by atoms with E-state index in [-0.39, 0.29) is 5.56 Å². The van der Waals surface area contributed by atoms with Crippen molar-refractivity contribution in [3.63, 3.8) is 0 Å². The fourth-order valence-corrected chi connectivity index (χ4v) is 2.19. The molecule has 0 amide bonds. The number of aromatic amines is 1. The molecule has 116 valence electrons. The molecule has 1 saturated heterocycles. The van der Waals surface area contributed by atoms with E-state index in [9.17, 15) is 4.79 Å². The molecule has 0 unspecified atom stereocenters. The van der Waals surface area contributed by atoms with E-state index in [4.69, 9.17) is 0 Å². The number of nitrogens with one attached hydrogen (secondary N) is 2. The second-order valence-electron chi connectivity index (χ2n) is 5.12. The van der Waals surface area contributed by atoms with Gasteiger partial charge < -0.3 is 4.98 Å². The third kappa shape index (κ3) is 5.14. The number of hydrogen-bond donors (Lipinski definition) is 2. The fourth-order valence-electron chi connectivity index (χ4n) is 2.19. The lowest BCUT2D eigenvalue weighted by atomic mass is 10.1. The topological polar surface area (TPSA) is 73.4 Å². The molecular weight excluding hydrogens is 278 g/mol. The molecular formula is C16H21N5O. The van der Waals surface area contributed by atoms with E-state index in [0.717, 1.165) is 43.8 Å². The van der Waals surface area contributed by atoms with Crippen molar-refractivity contribution in [1.82, 2.24) is 14.9 Å². The predicted octanol–water partition coefficient (Wildman–Crippen LogP) is 1.93. The summed E-state index contributed by atoms with van der Waals surface area (Å²) in [5.74, 6) is 0.460. The molecule has 0 spiro atoms. The van der Waals surface area contributed by atoms with Crippen LogP contribution in [0.3, 0.4) is 0 Å². The number of anilines is 1. The lowest BCUT2D eigenvalue weighted by molar-refractivity contribution is 0.299. The number of rotatable bonds is 6. The van der Waals surface area contributed by atoms with E-state index in [0.29, 0.717) is 5.82 Å². The van der Waals surface area contributed by atoms with Gasteiger partial charge >= 0.3 is 0 Å². The molecule has 22 heavy (non-hydrogen) atoms. The van der Waals surface area contributed by atoms with Crippen LogP contribution in [0, 0.1) is 0 Å². The molecule has 0 aromatic carbocycles. The second kappa shape index (κ2) is 8.09. The number of nitrogens with zero attached hydrogens (tertiary/aromatic N) is 3. The first-order valence-corrected chi connectivity index (χ1v) is 7.23. The first-order chi connectivity index (χ1) is 10.7. The van der Waals surface area contributed by atoms with Crippen LogP contribution in [-0.2, 0) is 0 Å². The van der Waals surface area contributed by atoms with E-state index in [1.165, 1.54) is 12.4 Å². The maximum atomic E-state index is 11.2. The summed E-state index contributed by atoms with van der Waals surface area (Å²) in [6, 6.07) is 1.38. The molecule has 2 N–H and O–H groups in total. The van der Waals surface area contributed by atoms with Crippen LogP contribution in [0.4, 0.5) is 5.82 Å². The number of aromatic nitrogens is 2. The van der Waals surface area contributed by atoms with Crippen LogP contribution in [0.2, 0.25) is 0 Å². The number of likely N-dealkylation sites (tertiary alicyclic amines) is 1. The fraction of sp³-hybridized carbons (Fsp3) is 0.312. The van der Waals surface area contributed by atoms with E-state index < -0.39 is 0 Å². The number of piperidine rings is 1. The quantitative estimate of drug-likeness (QED) is 0.622. The summed E-state index contributed by atoms with van der Waals surface area (Å²) in [5.41, 5.74) is 4.81. The van der Waals surface area contributed by atoms with Gasteiger partial charge in [-0.15, -0.1) is 0 Å². The zero-order chi connectivity index (χ0) is 15.8. The largest absolute Gasteiger partial charge is 0.313 e. The molecule has 0 aliphatic carbocycles. The Labute approximate surface area is 130 Å². The van der Waals surface area contributed by atoms with Gasteiger partial charge in [0.05, 0.1) is 6.33 Å². The van der Waals surface area contributed by atoms with Crippen molar-refractivity contribution in [3.8, 4) is 0 Å². The highest BCUT2D eigenvalue weighted by Gasteiger charge is 2.15. The van der Waals surface area contributed by atoms with Crippen LogP contribution < -0.4 is 11.0 Å². The van der Waals surface area contributed by atoms with E-state index in [1.807, 2.05) is 12.2 Å². The summed E-state index contributed by atoms with van der Waals surface area (Å²) < 4.78 is 0. The molecule has 1 fully saturated rings. The molecule has 2 rings (SSSR count). The Hall–Kier alpha value is -2.47. The standard InChI is InChI=1S/C16H21N5O/c1-3-4-5-13(2)11-21-8-6-14(7-9-21)19-20-15-10-16(22)18-12-17-15/h3-5,10,12H,1-2,6-9,11H2,(H2,17,18,20,22). The highest BCUT2D eigenvalue weighted by molar-refractivity contribution is 5.86. The highest BCUT2D eigenvalue weighted by Crippen LogP contribution is 2.10. The number of hydrogen-bond acceptors (Lipinski definition) is 5. The van der Waals surface area contributed by atoms with Gasteiger partial charge in [0, 0.05) is 44.3 Å². The average Bonchev–Trinajstić information content (AvgIpc) is 2.52. The minimum atomic E-state index is -0.196. The lowest BCUT2D eigenvalue weighted by Crippen LogP contribution is -2.35. The smallest absolute Gasteiger partial charge is 0.252 e. The van der Waals surface area contributed by atoms with Gasteiger partial charge in [0.25, 0.3) is 5.56 Å². The average molecular weight is 299 g/mol. The zero-order valence-corrected chi connectivity index (χ0v) is 12.6. The van der Waals surface area contributed by atoms with Crippen LogP contribution in [0.25, 0.3) is 0 Å². The molecule has 6 heteroatoms. The molecule has 1 aromatic rings. The number of hydrazone groups is 1. The number of allylic oxidation sites excluding steroid dienone is 2. The van der Waals surface area contributed by atoms with Gasteiger partial charge in [0.2, 0.25) is 0 Å². The maximum absolute atomic E-state index is 11.2. The minimum Gasteiger partial charge on any atom is -0.313 e. The third-order valence-electron chi connectivity index (χ3n) is 3.33. The Morgan fingerprint density at radius 1 is 1.50 bits per heavy atom. The van der Waals surface area contributed by atoms with Gasteiger partial charge in [-0.1, -0.05) is 31.4 Å². The highest BCUT2D eigenvalue weighted by atomic mass is 16.1. The zero-order valence-electron chi connectivity index (χ0n) is 12.6. The van der Waals surface area contributed by atoms with Gasteiger partial charge in [-0.05, 0) is 5.57 Å². The molecule has 0 radical (unpaired) electrons. The molecule has 0 bridgehead atoms. The summed E-state index contributed by atoms with van der Waals surface area (Å²) in [7, 11) is 0. The first-order valence-electron chi connectivity index (χ1n) is 7.23. The maximum Gasteiger partial charge on any atom is 0.252 e. The lowest BCUT2D eigenvalue weighted by Gasteiger charge is -2.27. The summed E-state index contributed by atoms with van der Waals surface area (Å²) >= 11 is 0. The van der Waals surface area contributed by atoms with Crippen molar-refractivity contribution in [2.75, 3.05) is 25.1 Å². The van der Waals surface area contributed by atoms with Crippen molar-refractivity contribution in [2.24, 2.45) is 5.10 Å². The Balaban J connectivity index is 1.80. The van der Waals surface area contributed by atoms with Gasteiger partial charge in [-0.25, -0.2) is 4.98 Å². The molecule has 0 saturated carbocycles. The summed E-state index contributed by atoms with van der Waals surface area (Å²) in [4.78, 5) is 20.0. The van der Waals surface area contributed by atoms with Crippen molar-refractivity contribution in [1.29, 1.82) is 0 Å². The van der Waals surface area contributed by atoms with Crippen LogP contribution in [-0.4, -0.2) is 40.2 Å². The molecule has 1 aromatic heterocycles. The van der Waals surface area contributed by atoms with Gasteiger partial charge in [0.15, 0.2) is 5.82 Å². The van der Waals surface area contributed by atoms with Crippen LogP contribution >= 0.6 is 0 Å². The Morgan fingerprint density at radius 3 is 2.95 bits per heavy atom. The number of H-pyrrole nitrogens is 1. The van der Waals surface area contributed by atoms with Crippen LogP contribution in [0.5, 0.6) is 0 Å². The van der Waals surface area contributed by atoms with Crippen molar-refractivity contribution in [3.05, 3.63) is 59.7 Å². The Kier molecular flexibility index (Phi) is 5.85. The van der Waals surface area contributed by atoms with Gasteiger partial charge in [-0.3, -0.25) is 15.1 Å². The Bertz CT molecular complexity index is 634. The third-order valence-corrected chi connectivity index (χ3v) is 3.33. The summed E-state index contributed by atoms with van der Waals surface area (Å²) in [6.07, 6.45) is 8.79. The normalized spacial score (nSPS) is 15.7. The first kappa shape index (κ1) is 15.9. The molecule has 6 nitrogen and oxygen atoms in total. The second-order valence-corrected chi connectivity index (χ2v) is 5.12. The monoisotopic (exact) mass is 299 g/mol. The minimum absolute atomic E-state index is 0.196. The summed E-state index contributed by atoms with van der Waals surface area (Å²) in [5, 5.41) is 4.33. The molecule has 1 aliphatic rings. The molecule has 0 atom stereocenters. The van der Waals surface area contributed by atoms with Crippen molar-refractivity contribution in [2.45, 2.75) is 12.8 Å². The van der Waals surface area contributed by atoms with E-state index in [1.54, 1.807) is 6.08 Å². The predicted molar refractivity (Wildman–Crippen MR) is 90.1 cm³/mol. The van der Waals surface area contributed by atoms with Crippen molar-refractivity contribution < 1.29 is 0 Å².